The molecule has 1 fully saturated rings. The highest BCUT2D eigenvalue weighted by atomic mass is 19.1. The molecule has 2 aromatic carbocycles. The van der Waals surface area contributed by atoms with Gasteiger partial charge in [-0.05, 0) is 36.8 Å². The van der Waals surface area contributed by atoms with Gasteiger partial charge in [0.1, 0.15) is 11.9 Å². The number of amides is 2. The molecule has 2 aromatic rings. The van der Waals surface area contributed by atoms with Gasteiger partial charge in [-0.1, -0.05) is 18.2 Å². The Balaban J connectivity index is 1.59. The minimum atomic E-state index is -0.905. The van der Waals surface area contributed by atoms with Crippen molar-refractivity contribution in [3.63, 3.8) is 0 Å². The van der Waals surface area contributed by atoms with Crippen molar-refractivity contribution in [3.05, 3.63) is 65.5 Å². The summed E-state index contributed by atoms with van der Waals surface area (Å²) in [5.41, 5.74) is 1.40. The fourth-order valence-corrected chi connectivity index (χ4v) is 3.35. The van der Waals surface area contributed by atoms with Crippen molar-refractivity contribution in [1.29, 1.82) is 0 Å². The lowest BCUT2D eigenvalue weighted by molar-refractivity contribution is -0.144. The van der Waals surface area contributed by atoms with Crippen molar-refractivity contribution < 1.29 is 23.5 Å². The van der Waals surface area contributed by atoms with Gasteiger partial charge in [-0.3, -0.25) is 14.5 Å². The smallest absolute Gasteiger partial charge is 0.340 e. The molecule has 0 bridgehead atoms. The Hall–Kier alpha value is -3.22. The number of carbonyl (C=O) groups is 3. The zero-order valence-electron chi connectivity index (χ0n) is 13.6. The second-order valence-electron chi connectivity index (χ2n) is 6.20. The molecule has 0 aromatic heterocycles. The Morgan fingerprint density at radius 1 is 1.12 bits per heavy atom. The van der Waals surface area contributed by atoms with E-state index in [9.17, 15) is 18.8 Å². The van der Waals surface area contributed by atoms with Gasteiger partial charge >= 0.3 is 5.97 Å². The van der Waals surface area contributed by atoms with Crippen LogP contribution in [0, 0.1) is 5.82 Å². The molecule has 1 N–H and O–H groups in total. The van der Waals surface area contributed by atoms with Crippen LogP contribution < -0.4 is 5.32 Å². The average Bonchev–Trinajstić information content (AvgIpc) is 3.17. The van der Waals surface area contributed by atoms with Gasteiger partial charge < -0.3 is 10.1 Å². The number of hydrogen-bond acceptors (Lipinski definition) is 4. The van der Waals surface area contributed by atoms with E-state index in [0.717, 1.165) is 0 Å². The molecule has 6 nitrogen and oxygen atoms in total. The second-order valence-corrected chi connectivity index (χ2v) is 6.20. The van der Waals surface area contributed by atoms with Crippen LogP contribution in [0.5, 0.6) is 0 Å². The lowest BCUT2D eigenvalue weighted by atomic mass is 10.1. The number of nitrogens with one attached hydrogen (secondary N) is 1. The van der Waals surface area contributed by atoms with Gasteiger partial charge in [-0.15, -0.1) is 0 Å². The van der Waals surface area contributed by atoms with Crippen LogP contribution in [-0.4, -0.2) is 28.7 Å². The first-order valence-electron chi connectivity index (χ1n) is 8.22. The number of anilines is 1. The van der Waals surface area contributed by atoms with Crippen LogP contribution in [0.25, 0.3) is 0 Å². The molecule has 132 valence electrons. The topological polar surface area (TPSA) is 75.7 Å². The molecule has 4 rings (SSSR count). The summed E-state index contributed by atoms with van der Waals surface area (Å²) in [7, 11) is 0. The first-order valence-corrected chi connectivity index (χ1v) is 8.22. The van der Waals surface area contributed by atoms with Gasteiger partial charge in [0.25, 0.3) is 0 Å². The summed E-state index contributed by atoms with van der Waals surface area (Å²) in [6.07, 6.45) is -0.391. The van der Waals surface area contributed by atoms with Crippen LogP contribution in [0.4, 0.5) is 10.1 Å². The highest BCUT2D eigenvalue weighted by molar-refractivity contribution is 6.00. The second kappa shape index (κ2) is 6.25. The summed E-state index contributed by atoms with van der Waals surface area (Å²) in [5, 5.41) is 2.68. The molecule has 0 aliphatic carbocycles. The van der Waals surface area contributed by atoms with E-state index >= 15 is 0 Å². The standard InChI is InChI=1S/C19H15FN2O4/c20-11-5-7-12(8-6-11)21-17(24)15-9-10-16(23)22(15)18-13-3-1-2-4-14(13)19(25)26-18/h1-8,15,18H,9-10H2,(H,21,24)/t15-,18+/m0/s1. The summed E-state index contributed by atoms with van der Waals surface area (Å²) in [6, 6.07) is 11.4. The number of likely N-dealkylation sites (tertiary alicyclic amines) is 1. The van der Waals surface area contributed by atoms with Crippen molar-refractivity contribution in [2.75, 3.05) is 5.32 Å². The molecule has 2 amide bonds. The summed E-state index contributed by atoms with van der Waals surface area (Å²) >= 11 is 0. The summed E-state index contributed by atoms with van der Waals surface area (Å²) in [5.74, 6) is -1.57. The van der Waals surface area contributed by atoms with Crippen LogP contribution in [-0.2, 0) is 14.3 Å². The Labute approximate surface area is 148 Å². The first-order chi connectivity index (χ1) is 12.5. The average molecular weight is 354 g/mol. The predicted octanol–water partition coefficient (Wildman–Crippen LogP) is 2.62. The van der Waals surface area contributed by atoms with Gasteiger partial charge in [0.15, 0.2) is 0 Å². The van der Waals surface area contributed by atoms with E-state index in [-0.39, 0.29) is 12.3 Å². The number of esters is 1. The fourth-order valence-electron chi connectivity index (χ4n) is 3.35. The maximum atomic E-state index is 13.0. The SMILES string of the molecule is O=C1O[C@@H](N2C(=O)CC[C@H]2C(=O)Nc2ccc(F)cc2)c2ccccc21. The number of hydrogen-bond donors (Lipinski definition) is 1. The largest absolute Gasteiger partial charge is 0.433 e. The van der Waals surface area contributed by atoms with E-state index in [1.54, 1.807) is 24.3 Å². The van der Waals surface area contributed by atoms with Crippen molar-refractivity contribution in [2.24, 2.45) is 0 Å². The number of fused-ring (bicyclic) bond motifs is 1. The van der Waals surface area contributed by atoms with Crippen molar-refractivity contribution >= 4 is 23.5 Å². The molecule has 26 heavy (non-hydrogen) atoms. The minimum absolute atomic E-state index is 0.192. The van der Waals surface area contributed by atoms with Gasteiger partial charge in [0, 0.05) is 17.7 Å². The van der Waals surface area contributed by atoms with E-state index < -0.39 is 30.0 Å². The number of rotatable bonds is 3. The fraction of sp³-hybridized carbons (Fsp3) is 0.211. The third-order valence-corrected chi connectivity index (χ3v) is 4.59. The molecule has 7 heteroatoms. The third kappa shape index (κ3) is 2.71. The molecular formula is C19H15FN2O4. The summed E-state index contributed by atoms with van der Waals surface area (Å²) in [6.45, 7) is 0. The van der Waals surface area contributed by atoms with Crippen molar-refractivity contribution in [1.82, 2.24) is 4.90 Å². The van der Waals surface area contributed by atoms with Gasteiger partial charge in [0.2, 0.25) is 18.0 Å². The minimum Gasteiger partial charge on any atom is -0.433 e. The molecule has 2 aliphatic rings. The van der Waals surface area contributed by atoms with Crippen LogP contribution in [0.2, 0.25) is 0 Å². The van der Waals surface area contributed by atoms with Crippen LogP contribution in [0.15, 0.2) is 48.5 Å². The van der Waals surface area contributed by atoms with Gasteiger partial charge in [-0.25, -0.2) is 9.18 Å². The van der Waals surface area contributed by atoms with Crippen molar-refractivity contribution in [2.45, 2.75) is 25.1 Å². The number of cyclic esters (lactones) is 1. The van der Waals surface area contributed by atoms with E-state index in [0.29, 0.717) is 23.2 Å². The number of ether oxygens (including phenoxy) is 1. The highest BCUT2D eigenvalue weighted by Gasteiger charge is 2.46. The van der Waals surface area contributed by atoms with E-state index in [4.69, 9.17) is 4.74 Å². The molecule has 0 radical (unpaired) electrons. The quantitative estimate of drug-likeness (QED) is 0.860. The molecule has 2 heterocycles. The number of nitrogens with zero attached hydrogens (tertiary/aromatic N) is 1. The predicted molar refractivity (Wildman–Crippen MR) is 89.5 cm³/mol. The zero-order chi connectivity index (χ0) is 18.3. The van der Waals surface area contributed by atoms with E-state index in [2.05, 4.69) is 5.32 Å². The zero-order valence-corrected chi connectivity index (χ0v) is 13.6. The monoisotopic (exact) mass is 354 g/mol. The summed E-state index contributed by atoms with van der Waals surface area (Å²) in [4.78, 5) is 38.4. The van der Waals surface area contributed by atoms with Gasteiger partial charge in [0.05, 0.1) is 5.56 Å². The molecule has 0 unspecified atom stereocenters. The van der Waals surface area contributed by atoms with E-state index in [1.165, 1.54) is 29.2 Å². The molecule has 2 atom stereocenters. The van der Waals surface area contributed by atoms with E-state index in [1.807, 2.05) is 0 Å². The van der Waals surface area contributed by atoms with Crippen molar-refractivity contribution in [3.8, 4) is 0 Å². The first kappa shape index (κ1) is 16.3. The van der Waals surface area contributed by atoms with Crippen LogP contribution >= 0.6 is 0 Å². The lowest BCUT2D eigenvalue weighted by Crippen LogP contribution is -2.43. The number of benzene rings is 2. The maximum absolute atomic E-state index is 13.0. The van der Waals surface area contributed by atoms with Crippen LogP contribution in [0.1, 0.15) is 35.0 Å². The highest BCUT2D eigenvalue weighted by Crippen LogP contribution is 2.38. The third-order valence-electron chi connectivity index (χ3n) is 4.59. The molecule has 0 saturated carbocycles. The normalized spacial score (nSPS) is 21.5. The Kier molecular flexibility index (Phi) is 3.91. The lowest BCUT2D eigenvalue weighted by Gasteiger charge is -2.29. The molecule has 2 aliphatic heterocycles. The number of carbonyl (C=O) groups excluding carboxylic acids is 3. The summed E-state index contributed by atoms with van der Waals surface area (Å²) < 4.78 is 18.4. The van der Waals surface area contributed by atoms with Crippen LogP contribution in [0.3, 0.4) is 0 Å². The Bertz CT molecular complexity index is 897. The molecular weight excluding hydrogens is 339 g/mol. The molecule has 0 spiro atoms. The Morgan fingerprint density at radius 3 is 2.62 bits per heavy atom. The molecule has 1 saturated heterocycles. The number of halogens is 1. The van der Waals surface area contributed by atoms with Gasteiger partial charge in [-0.2, -0.15) is 0 Å². The maximum Gasteiger partial charge on any atom is 0.340 e. The Morgan fingerprint density at radius 2 is 1.85 bits per heavy atom.